The minimum absolute atomic E-state index is 0.0668. The van der Waals surface area contributed by atoms with Crippen molar-refractivity contribution in [2.45, 2.75) is 76.2 Å². The second-order valence-electron chi connectivity index (χ2n) is 13.0. The van der Waals surface area contributed by atoms with Crippen LogP contribution in [-0.2, 0) is 27.6 Å². The SMILES string of the molecule is C=CCN1CC[C@]23c4c5c(O)cc(OC(C)=O)c4O[C@H]2[C@@H](N(CC(C)C)C(=O)C#Cc2ccc(C(F)(F)F)cc2)CC[C@H]3[C@H]1C5. The van der Waals surface area contributed by atoms with Crippen LogP contribution < -0.4 is 9.47 Å². The summed E-state index contributed by atoms with van der Waals surface area (Å²) in [4.78, 5) is 30.1. The molecule has 2 aromatic rings. The van der Waals surface area contributed by atoms with Crippen LogP contribution in [0.2, 0.25) is 0 Å². The van der Waals surface area contributed by atoms with Gasteiger partial charge in [-0.05, 0) is 68.3 Å². The maximum atomic E-state index is 13.9. The number of alkyl halides is 3. The second kappa shape index (κ2) is 11.4. The van der Waals surface area contributed by atoms with E-state index in [0.717, 1.165) is 49.2 Å². The maximum Gasteiger partial charge on any atom is 0.416 e. The number of phenolic OH excluding ortho intramolecular Hbond substituents is 1. The Morgan fingerprint density at radius 1 is 1.27 bits per heavy atom. The first-order valence-corrected chi connectivity index (χ1v) is 15.4. The Morgan fingerprint density at radius 2 is 2.00 bits per heavy atom. The van der Waals surface area contributed by atoms with Crippen molar-refractivity contribution >= 4 is 11.9 Å². The molecular formula is C35H37F3N2O5. The van der Waals surface area contributed by atoms with E-state index in [9.17, 15) is 27.9 Å². The fourth-order valence-electron chi connectivity index (χ4n) is 8.30. The van der Waals surface area contributed by atoms with Crippen molar-refractivity contribution in [3.63, 3.8) is 0 Å². The van der Waals surface area contributed by atoms with Crippen LogP contribution in [0.1, 0.15) is 62.3 Å². The number of esters is 1. The highest BCUT2D eigenvalue weighted by Crippen LogP contribution is 2.65. The van der Waals surface area contributed by atoms with Crippen LogP contribution in [0.25, 0.3) is 0 Å². The number of nitrogens with zero attached hydrogens (tertiary/aromatic N) is 2. The number of ether oxygens (including phenoxy) is 2. The molecule has 2 heterocycles. The number of halogens is 3. The third-order valence-corrected chi connectivity index (χ3v) is 9.86. The van der Waals surface area contributed by atoms with E-state index in [1.807, 2.05) is 19.9 Å². The zero-order chi connectivity index (χ0) is 32.3. The molecule has 1 spiro atoms. The van der Waals surface area contributed by atoms with E-state index in [1.54, 1.807) is 4.90 Å². The molecule has 2 aliphatic carbocycles. The number of piperidine rings is 1. The van der Waals surface area contributed by atoms with Gasteiger partial charge >= 0.3 is 12.1 Å². The van der Waals surface area contributed by atoms with Gasteiger partial charge in [-0.2, -0.15) is 13.2 Å². The lowest BCUT2D eigenvalue weighted by molar-refractivity contribution is -0.138. The first kappa shape index (κ1) is 31.0. The number of rotatable bonds is 6. The van der Waals surface area contributed by atoms with Gasteiger partial charge in [0.1, 0.15) is 11.9 Å². The minimum Gasteiger partial charge on any atom is -0.508 e. The second-order valence-corrected chi connectivity index (χ2v) is 13.0. The van der Waals surface area contributed by atoms with Crippen molar-refractivity contribution in [1.82, 2.24) is 9.80 Å². The van der Waals surface area contributed by atoms with Gasteiger partial charge in [-0.3, -0.25) is 14.5 Å². The summed E-state index contributed by atoms with van der Waals surface area (Å²) in [6, 6.07) is 5.67. The van der Waals surface area contributed by atoms with Crippen LogP contribution in [0.5, 0.6) is 17.2 Å². The van der Waals surface area contributed by atoms with Gasteiger partial charge in [0.15, 0.2) is 11.5 Å². The molecular weight excluding hydrogens is 585 g/mol. The topological polar surface area (TPSA) is 79.3 Å². The summed E-state index contributed by atoms with van der Waals surface area (Å²) < 4.78 is 51.5. The Bertz CT molecular complexity index is 1590. The number of amides is 1. The number of carbonyl (C=O) groups is 2. The molecule has 10 heteroatoms. The molecule has 7 nitrogen and oxygen atoms in total. The largest absolute Gasteiger partial charge is 0.508 e. The Hall–Kier alpha value is -3.97. The summed E-state index contributed by atoms with van der Waals surface area (Å²) in [5.41, 5.74) is 0.698. The van der Waals surface area contributed by atoms with Gasteiger partial charge in [-0.15, -0.1) is 6.58 Å². The number of benzene rings is 2. The number of carbonyl (C=O) groups excluding carboxylic acids is 2. The summed E-state index contributed by atoms with van der Waals surface area (Å²) in [6.07, 6.45) is -0.197. The molecule has 0 unspecified atom stereocenters. The first-order chi connectivity index (χ1) is 21.3. The number of aromatic hydroxyl groups is 1. The van der Waals surface area contributed by atoms with Gasteiger partial charge in [-0.1, -0.05) is 25.8 Å². The van der Waals surface area contributed by atoms with E-state index in [0.29, 0.717) is 30.7 Å². The van der Waals surface area contributed by atoms with Gasteiger partial charge in [0.25, 0.3) is 5.91 Å². The molecule has 0 radical (unpaired) electrons. The molecule has 2 fully saturated rings. The Balaban J connectivity index is 1.40. The Morgan fingerprint density at radius 3 is 2.64 bits per heavy atom. The highest BCUT2D eigenvalue weighted by atomic mass is 19.4. The monoisotopic (exact) mass is 622 g/mol. The molecule has 1 N–H and O–H groups in total. The molecule has 45 heavy (non-hydrogen) atoms. The molecule has 4 aliphatic rings. The summed E-state index contributed by atoms with van der Waals surface area (Å²) in [6.45, 7) is 11.2. The fourth-order valence-corrected chi connectivity index (χ4v) is 8.30. The van der Waals surface area contributed by atoms with E-state index < -0.39 is 35.1 Å². The zero-order valence-corrected chi connectivity index (χ0v) is 25.6. The lowest BCUT2D eigenvalue weighted by Gasteiger charge is -2.60. The first-order valence-electron chi connectivity index (χ1n) is 15.4. The molecule has 2 aliphatic heterocycles. The fraction of sp³-hybridized carbons (Fsp3) is 0.486. The molecule has 1 amide bonds. The zero-order valence-electron chi connectivity index (χ0n) is 25.6. The standard InChI is InChI=1S/C35H37F3N2O5/c1-5-15-39-16-14-34-25-11-12-26(33(34)45-32-29(44-21(4)41)18-28(42)24(31(32)34)17-27(25)39)40(19-20(2)3)30(43)13-8-22-6-9-23(10-7-22)35(36,37)38/h5-7,9-10,18,20,25-27,33,42H,1,11-12,14-17,19H2,2-4H3/t25-,26-,27+,33-,34-/m0/s1. The average Bonchev–Trinajstić information content (AvgIpc) is 3.32. The molecule has 0 aromatic heterocycles. The molecule has 2 bridgehead atoms. The van der Waals surface area contributed by atoms with Gasteiger partial charge in [0, 0.05) is 60.1 Å². The normalized spacial score (nSPS) is 26.3. The summed E-state index contributed by atoms with van der Waals surface area (Å²) in [7, 11) is 0. The highest BCUT2D eigenvalue weighted by molar-refractivity contribution is 5.94. The van der Waals surface area contributed by atoms with Crippen LogP contribution in [-0.4, -0.2) is 64.6 Å². The van der Waals surface area contributed by atoms with Crippen LogP contribution in [0.3, 0.4) is 0 Å². The van der Waals surface area contributed by atoms with E-state index in [4.69, 9.17) is 9.47 Å². The van der Waals surface area contributed by atoms with Crippen molar-refractivity contribution in [3.05, 3.63) is 65.2 Å². The van der Waals surface area contributed by atoms with Crippen molar-refractivity contribution in [1.29, 1.82) is 0 Å². The van der Waals surface area contributed by atoms with Gasteiger partial charge < -0.3 is 19.5 Å². The smallest absolute Gasteiger partial charge is 0.416 e. The maximum absolute atomic E-state index is 13.9. The third-order valence-electron chi connectivity index (χ3n) is 9.86. The quantitative estimate of drug-likeness (QED) is 0.199. The van der Waals surface area contributed by atoms with Crippen molar-refractivity contribution < 1.29 is 37.3 Å². The molecule has 238 valence electrons. The van der Waals surface area contributed by atoms with Crippen molar-refractivity contribution in [3.8, 4) is 29.1 Å². The Kier molecular flexibility index (Phi) is 7.88. The Labute approximate surface area is 261 Å². The predicted molar refractivity (Wildman–Crippen MR) is 161 cm³/mol. The number of phenols is 1. The molecule has 1 saturated carbocycles. The lowest BCUT2D eigenvalue weighted by Crippen LogP contribution is -2.69. The molecule has 1 saturated heterocycles. The van der Waals surface area contributed by atoms with Crippen LogP contribution >= 0.6 is 0 Å². The summed E-state index contributed by atoms with van der Waals surface area (Å²) in [5.74, 6) is 5.49. The van der Waals surface area contributed by atoms with Gasteiger partial charge in [-0.25, -0.2) is 0 Å². The van der Waals surface area contributed by atoms with Crippen LogP contribution in [0.15, 0.2) is 43.0 Å². The number of likely N-dealkylation sites (tertiary alicyclic amines) is 1. The number of hydrogen-bond donors (Lipinski definition) is 1. The summed E-state index contributed by atoms with van der Waals surface area (Å²) >= 11 is 0. The summed E-state index contributed by atoms with van der Waals surface area (Å²) in [5, 5.41) is 11.2. The average molecular weight is 623 g/mol. The van der Waals surface area contributed by atoms with Gasteiger partial charge in [0.05, 0.1) is 11.6 Å². The molecule has 5 atom stereocenters. The third kappa shape index (κ3) is 5.25. The number of hydrogen-bond acceptors (Lipinski definition) is 6. The minimum atomic E-state index is -4.46. The predicted octanol–water partition coefficient (Wildman–Crippen LogP) is 5.47. The van der Waals surface area contributed by atoms with E-state index in [2.05, 4.69) is 23.3 Å². The lowest BCUT2D eigenvalue weighted by atomic mass is 9.50. The van der Waals surface area contributed by atoms with Crippen molar-refractivity contribution in [2.24, 2.45) is 11.8 Å². The van der Waals surface area contributed by atoms with Crippen LogP contribution in [0, 0.1) is 23.7 Å². The van der Waals surface area contributed by atoms with E-state index >= 15 is 0 Å². The van der Waals surface area contributed by atoms with E-state index in [-0.39, 0.29) is 35.4 Å². The molecule has 2 aromatic carbocycles. The highest BCUT2D eigenvalue weighted by Gasteiger charge is 2.67. The molecule has 6 rings (SSSR count). The van der Waals surface area contributed by atoms with Crippen LogP contribution in [0.4, 0.5) is 13.2 Å². The van der Waals surface area contributed by atoms with Gasteiger partial charge in [0.2, 0.25) is 0 Å². The van der Waals surface area contributed by atoms with E-state index in [1.165, 1.54) is 25.1 Å². The van der Waals surface area contributed by atoms with Crippen molar-refractivity contribution in [2.75, 3.05) is 19.6 Å².